The van der Waals surface area contributed by atoms with Crippen LogP contribution in [0.2, 0.25) is 0 Å². The van der Waals surface area contributed by atoms with E-state index in [4.69, 9.17) is 0 Å². The topological polar surface area (TPSA) is 24.9 Å². The molecule has 3 aromatic rings. The lowest BCUT2D eigenvalue weighted by Crippen LogP contribution is -2.04. The van der Waals surface area contributed by atoms with E-state index >= 15 is 0 Å². The van der Waals surface area contributed by atoms with Gasteiger partial charge in [-0.15, -0.1) is 22.7 Å². The molecule has 19 heavy (non-hydrogen) atoms. The molecule has 0 saturated heterocycles. The number of thioether (sulfide) groups is 1. The minimum absolute atomic E-state index is 0.338. The van der Waals surface area contributed by atoms with Gasteiger partial charge in [-0.2, -0.15) is 0 Å². The molecular weight excluding hydrogens is 292 g/mol. The summed E-state index contributed by atoms with van der Waals surface area (Å²) < 4.78 is 2.37. The highest BCUT2D eigenvalue weighted by atomic mass is 32.2. The largest absolute Gasteiger partial charge is 0.378 e. The molecule has 1 aromatic carbocycles. The monoisotopic (exact) mass is 306 g/mol. The molecule has 1 unspecified atom stereocenters. The van der Waals surface area contributed by atoms with Crippen molar-refractivity contribution in [3.8, 4) is 0 Å². The molecule has 0 spiro atoms. The Balaban J connectivity index is 1.85. The average molecular weight is 306 g/mol. The zero-order valence-electron chi connectivity index (χ0n) is 10.7. The van der Waals surface area contributed by atoms with Gasteiger partial charge in [-0.1, -0.05) is 17.8 Å². The highest BCUT2D eigenvalue weighted by Crippen LogP contribution is 2.31. The first-order valence-electron chi connectivity index (χ1n) is 6.01. The Bertz CT molecular complexity index is 673. The second-order valence-electron chi connectivity index (χ2n) is 4.25. The first-order valence-corrected chi connectivity index (χ1v) is 8.93. The third-order valence-corrected chi connectivity index (χ3v) is 5.95. The molecule has 5 heteroatoms. The van der Waals surface area contributed by atoms with Gasteiger partial charge in [0.25, 0.3) is 0 Å². The summed E-state index contributed by atoms with van der Waals surface area (Å²) in [7, 11) is 0. The summed E-state index contributed by atoms with van der Waals surface area (Å²) in [6.45, 7) is 2.19. The van der Waals surface area contributed by atoms with Crippen LogP contribution in [0.1, 0.15) is 17.8 Å². The first-order chi connectivity index (χ1) is 9.26. The number of hydrogen-bond acceptors (Lipinski definition) is 5. The summed E-state index contributed by atoms with van der Waals surface area (Å²) in [5.41, 5.74) is 2.24. The molecule has 0 aliphatic carbocycles. The zero-order valence-corrected chi connectivity index (χ0v) is 13.2. The molecule has 98 valence electrons. The standard InChI is InChI=1S/C14H14N2S3/c1-9(12-4-3-7-18-12)15-10-5-6-11-13(8-10)19-14(16-11)17-2/h3-9,15H,1-2H3. The molecule has 3 rings (SSSR count). The van der Waals surface area contributed by atoms with Gasteiger partial charge >= 0.3 is 0 Å². The summed E-state index contributed by atoms with van der Waals surface area (Å²) in [4.78, 5) is 5.91. The van der Waals surface area contributed by atoms with Gasteiger partial charge in [0.15, 0.2) is 4.34 Å². The van der Waals surface area contributed by atoms with Crippen LogP contribution in [0.5, 0.6) is 0 Å². The van der Waals surface area contributed by atoms with Gasteiger partial charge in [-0.25, -0.2) is 4.98 Å². The van der Waals surface area contributed by atoms with Crippen LogP contribution in [0.3, 0.4) is 0 Å². The Labute approximate surface area is 124 Å². The fourth-order valence-corrected chi connectivity index (χ4v) is 4.20. The van der Waals surface area contributed by atoms with Crippen LogP contribution in [0.4, 0.5) is 5.69 Å². The summed E-state index contributed by atoms with van der Waals surface area (Å²) in [5.74, 6) is 0. The maximum absolute atomic E-state index is 4.56. The van der Waals surface area contributed by atoms with Crippen molar-refractivity contribution in [2.75, 3.05) is 11.6 Å². The van der Waals surface area contributed by atoms with Crippen LogP contribution < -0.4 is 5.32 Å². The van der Waals surface area contributed by atoms with Gasteiger partial charge in [0, 0.05) is 10.6 Å². The number of nitrogens with zero attached hydrogens (tertiary/aromatic N) is 1. The van der Waals surface area contributed by atoms with Crippen molar-refractivity contribution in [3.63, 3.8) is 0 Å². The van der Waals surface area contributed by atoms with E-state index in [1.807, 2.05) is 0 Å². The molecule has 0 aliphatic heterocycles. The zero-order chi connectivity index (χ0) is 13.2. The van der Waals surface area contributed by atoms with Gasteiger partial charge in [0.05, 0.1) is 16.3 Å². The lowest BCUT2D eigenvalue weighted by atomic mass is 10.2. The van der Waals surface area contributed by atoms with Crippen molar-refractivity contribution in [2.24, 2.45) is 0 Å². The summed E-state index contributed by atoms with van der Waals surface area (Å²) in [6, 6.07) is 11.0. The summed E-state index contributed by atoms with van der Waals surface area (Å²) in [5, 5.41) is 5.66. The predicted molar refractivity (Wildman–Crippen MR) is 87.8 cm³/mol. The molecule has 0 amide bonds. The minimum atomic E-state index is 0.338. The van der Waals surface area contributed by atoms with E-state index in [0.717, 1.165) is 15.5 Å². The molecule has 0 saturated carbocycles. The van der Waals surface area contributed by atoms with Crippen LogP contribution in [-0.2, 0) is 0 Å². The lowest BCUT2D eigenvalue weighted by molar-refractivity contribution is 0.909. The number of hydrogen-bond donors (Lipinski definition) is 1. The molecule has 2 aromatic heterocycles. The van der Waals surface area contributed by atoms with Crippen LogP contribution in [0.15, 0.2) is 40.1 Å². The molecular formula is C14H14N2S3. The second-order valence-corrected chi connectivity index (χ2v) is 7.31. The quantitative estimate of drug-likeness (QED) is 0.666. The van der Waals surface area contributed by atoms with Gasteiger partial charge in [0.1, 0.15) is 0 Å². The number of thiophene rings is 1. The van der Waals surface area contributed by atoms with Crippen LogP contribution in [0, 0.1) is 0 Å². The van der Waals surface area contributed by atoms with E-state index in [2.05, 4.69) is 59.2 Å². The van der Waals surface area contributed by atoms with Gasteiger partial charge in [-0.05, 0) is 42.8 Å². The van der Waals surface area contributed by atoms with Crippen LogP contribution in [-0.4, -0.2) is 11.2 Å². The first kappa shape index (κ1) is 13.0. The fraction of sp³-hybridized carbons (Fsp3) is 0.214. The van der Waals surface area contributed by atoms with Crippen LogP contribution in [0.25, 0.3) is 10.2 Å². The van der Waals surface area contributed by atoms with Gasteiger partial charge in [-0.3, -0.25) is 0 Å². The molecule has 2 heterocycles. The number of fused-ring (bicyclic) bond motifs is 1. The Hall–Kier alpha value is -1.04. The van der Waals surface area contributed by atoms with Crippen molar-refractivity contribution in [1.82, 2.24) is 4.98 Å². The summed E-state index contributed by atoms with van der Waals surface area (Å²) in [6.07, 6.45) is 2.07. The normalized spacial score (nSPS) is 12.7. The van der Waals surface area contributed by atoms with E-state index in [1.54, 1.807) is 34.4 Å². The molecule has 0 fully saturated rings. The predicted octanol–water partition coefficient (Wildman–Crippen LogP) is 5.25. The maximum Gasteiger partial charge on any atom is 0.150 e. The third-order valence-electron chi connectivity index (χ3n) is 2.90. The molecule has 2 nitrogen and oxygen atoms in total. The molecule has 0 aliphatic rings. The molecule has 0 radical (unpaired) electrons. The molecule has 0 bridgehead atoms. The van der Waals surface area contributed by atoms with Crippen molar-refractivity contribution in [2.45, 2.75) is 17.3 Å². The Morgan fingerprint density at radius 2 is 2.21 bits per heavy atom. The number of rotatable bonds is 4. The Kier molecular flexibility index (Phi) is 3.77. The highest BCUT2D eigenvalue weighted by Gasteiger charge is 2.08. The average Bonchev–Trinajstić information content (AvgIpc) is 3.07. The van der Waals surface area contributed by atoms with Gasteiger partial charge in [0.2, 0.25) is 0 Å². The fourth-order valence-electron chi connectivity index (χ4n) is 1.94. The van der Waals surface area contributed by atoms with Crippen molar-refractivity contribution in [1.29, 1.82) is 0 Å². The van der Waals surface area contributed by atoms with E-state index in [-0.39, 0.29) is 0 Å². The molecule has 1 N–H and O–H groups in total. The lowest BCUT2D eigenvalue weighted by Gasteiger charge is -2.13. The number of aromatic nitrogens is 1. The SMILES string of the molecule is CSc1nc2ccc(NC(C)c3cccs3)cc2s1. The van der Waals surface area contributed by atoms with Crippen molar-refractivity contribution in [3.05, 3.63) is 40.6 Å². The van der Waals surface area contributed by atoms with E-state index in [0.29, 0.717) is 6.04 Å². The Morgan fingerprint density at radius 1 is 1.32 bits per heavy atom. The number of thiazole rings is 1. The van der Waals surface area contributed by atoms with Crippen molar-refractivity contribution >= 4 is 50.3 Å². The maximum atomic E-state index is 4.56. The minimum Gasteiger partial charge on any atom is -0.378 e. The second kappa shape index (κ2) is 5.53. The Morgan fingerprint density at radius 3 is 2.95 bits per heavy atom. The molecule has 1 atom stereocenters. The number of nitrogens with one attached hydrogen (secondary N) is 1. The number of anilines is 1. The smallest absolute Gasteiger partial charge is 0.150 e. The highest BCUT2D eigenvalue weighted by molar-refractivity contribution is 8.00. The number of benzene rings is 1. The van der Waals surface area contributed by atoms with Crippen molar-refractivity contribution < 1.29 is 0 Å². The van der Waals surface area contributed by atoms with Crippen LogP contribution >= 0.6 is 34.4 Å². The van der Waals surface area contributed by atoms with E-state index < -0.39 is 0 Å². The third kappa shape index (κ3) is 2.78. The summed E-state index contributed by atoms with van der Waals surface area (Å²) >= 11 is 5.24. The van der Waals surface area contributed by atoms with Gasteiger partial charge < -0.3 is 5.32 Å². The van der Waals surface area contributed by atoms with E-state index in [1.165, 1.54) is 9.58 Å². The van der Waals surface area contributed by atoms with E-state index in [9.17, 15) is 0 Å².